The molecule has 0 saturated carbocycles. The summed E-state index contributed by atoms with van der Waals surface area (Å²) in [5, 5.41) is 16.5. The highest BCUT2D eigenvalue weighted by Gasteiger charge is 2.30. The Morgan fingerprint density at radius 2 is 1.93 bits per heavy atom. The highest BCUT2D eigenvalue weighted by molar-refractivity contribution is 5.99. The van der Waals surface area contributed by atoms with E-state index in [1.807, 2.05) is 17.0 Å². The number of benzene rings is 1. The third-order valence-corrected chi connectivity index (χ3v) is 5.40. The van der Waals surface area contributed by atoms with Gasteiger partial charge in [0.15, 0.2) is 0 Å². The monoisotopic (exact) mass is 399 g/mol. The quantitative estimate of drug-likeness (QED) is 0.665. The predicted octanol–water partition coefficient (Wildman–Crippen LogP) is -0.419. The Kier molecular flexibility index (Phi) is 5.01. The lowest BCUT2D eigenvalue weighted by Gasteiger charge is -2.35. The van der Waals surface area contributed by atoms with Crippen molar-refractivity contribution in [2.75, 3.05) is 37.6 Å². The number of amides is 2. The summed E-state index contributed by atoms with van der Waals surface area (Å²) in [4.78, 5) is 51.1. The van der Waals surface area contributed by atoms with Crippen molar-refractivity contribution in [1.29, 1.82) is 0 Å². The molecular formula is C19H21N5O5. The number of carboxylic acids is 1. The summed E-state index contributed by atoms with van der Waals surface area (Å²) >= 11 is 0. The van der Waals surface area contributed by atoms with E-state index in [4.69, 9.17) is 5.11 Å². The summed E-state index contributed by atoms with van der Waals surface area (Å²) in [6.07, 6.45) is 1.99. The summed E-state index contributed by atoms with van der Waals surface area (Å²) in [7, 11) is 0. The van der Waals surface area contributed by atoms with Gasteiger partial charge < -0.3 is 10.0 Å². The van der Waals surface area contributed by atoms with E-state index in [9.17, 15) is 19.2 Å². The van der Waals surface area contributed by atoms with Crippen LogP contribution in [0.4, 0.5) is 5.69 Å². The molecule has 2 aliphatic rings. The minimum absolute atomic E-state index is 0.0371. The maximum absolute atomic E-state index is 12.8. The maximum atomic E-state index is 12.8. The van der Waals surface area contributed by atoms with Crippen molar-refractivity contribution in [1.82, 2.24) is 20.0 Å². The van der Waals surface area contributed by atoms with Crippen LogP contribution in [-0.4, -0.2) is 70.3 Å². The molecule has 0 spiro atoms. The van der Waals surface area contributed by atoms with Crippen molar-refractivity contribution in [2.24, 2.45) is 0 Å². The number of piperidine rings is 1. The molecule has 1 aromatic heterocycles. The zero-order chi connectivity index (χ0) is 20.5. The van der Waals surface area contributed by atoms with Crippen molar-refractivity contribution >= 4 is 34.2 Å². The average molecular weight is 399 g/mol. The summed E-state index contributed by atoms with van der Waals surface area (Å²) in [6, 6.07) is 4.67. The van der Waals surface area contributed by atoms with E-state index in [0.717, 1.165) is 10.4 Å². The lowest BCUT2D eigenvalue weighted by molar-refractivity contribution is -0.138. The number of aromatic nitrogens is 2. The first kappa shape index (κ1) is 19.1. The number of nitrogens with zero attached hydrogens (tertiary/aromatic N) is 4. The van der Waals surface area contributed by atoms with Crippen LogP contribution in [0.5, 0.6) is 0 Å². The third kappa shape index (κ3) is 3.83. The molecule has 2 saturated heterocycles. The summed E-state index contributed by atoms with van der Waals surface area (Å²) < 4.78 is 1.15. The number of carboxylic acid groups (broad SMARTS) is 1. The number of imide groups is 1. The first-order chi connectivity index (χ1) is 13.9. The average Bonchev–Trinajstić information content (AvgIpc) is 2.69. The molecule has 10 heteroatoms. The van der Waals surface area contributed by atoms with Gasteiger partial charge in [0, 0.05) is 43.7 Å². The zero-order valence-electron chi connectivity index (χ0n) is 15.7. The first-order valence-electron chi connectivity index (χ1n) is 9.47. The van der Waals surface area contributed by atoms with Crippen LogP contribution in [0.25, 0.3) is 10.8 Å². The van der Waals surface area contributed by atoms with Gasteiger partial charge in [0.25, 0.3) is 11.5 Å². The largest absolute Gasteiger partial charge is 0.480 e. The number of nitrogens with one attached hydrogen (secondary N) is 1. The Bertz CT molecular complexity index is 1040. The van der Waals surface area contributed by atoms with Crippen LogP contribution in [0.15, 0.2) is 29.2 Å². The zero-order valence-corrected chi connectivity index (χ0v) is 15.7. The van der Waals surface area contributed by atoms with Crippen LogP contribution in [0, 0.1) is 0 Å². The molecule has 3 heterocycles. The van der Waals surface area contributed by atoms with E-state index in [1.54, 1.807) is 12.3 Å². The van der Waals surface area contributed by atoms with Crippen LogP contribution in [0.3, 0.4) is 0 Å². The molecule has 1 atom stereocenters. The number of hydrogen-bond donors (Lipinski definition) is 2. The molecule has 2 N–H and O–H groups in total. The van der Waals surface area contributed by atoms with Crippen molar-refractivity contribution < 1.29 is 19.5 Å². The summed E-state index contributed by atoms with van der Waals surface area (Å²) in [5.41, 5.74) is 0.572. The Morgan fingerprint density at radius 1 is 1.17 bits per heavy atom. The van der Waals surface area contributed by atoms with Gasteiger partial charge in [-0.1, -0.05) is 0 Å². The lowest BCUT2D eigenvalue weighted by Crippen LogP contribution is -2.48. The van der Waals surface area contributed by atoms with Gasteiger partial charge in [0.05, 0.1) is 18.1 Å². The topological polar surface area (TPSA) is 125 Å². The Labute approximate surface area is 165 Å². The second-order valence-electron chi connectivity index (χ2n) is 7.29. The number of rotatable bonds is 4. The van der Waals surface area contributed by atoms with Crippen molar-refractivity contribution in [3.63, 3.8) is 0 Å². The second-order valence-corrected chi connectivity index (χ2v) is 7.29. The van der Waals surface area contributed by atoms with E-state index < -0.39 is 17.9 Å². The molecule has 29 heavy (non-hydrogen) atoms. The normalized spacial score (nSPS) is 20.7. The van der Waals surface area contributed by atoms with Gasteiger partial charge >= 0.3 is 5.97 Å². The van der Waals surface area contributed by atoms with Gasteiger partial charge in [-0.2, -0.15) is 5.10 Å². The van der Waals surface area contributed by atoms with Crippen molar-refractivity contribution in [3.05, 3.63) is 34.7 Å². The lowest BCUT2D eigenvalue weighted by atomic mass is 10.1. The molecule has 2 aliphatic heterocycles. The highest BCUT2D eigenvalue weighted by atomic mass is 16.4. The fourth-order valence-corrected chi connectivity index (χ4v) is 3.84. The number of piperazine rings is 1. The fourth-order valence-electron chi connectivity index (χ4n) is 3.84. The third-order valence-electron chi connectivity index (χ3n) is 5.40. The highest BCUT2D eigenvalue weighted by Crippen LogP contribution is 2.22. The molecule has 2 aromatic rings. The summed E-state index contributed by atoms with van der Waals surface area (Å²) in [6.45, 7) is 2.73. The van der Waals surface area contributed by atoms with Crippen LogP contribution < -0.4 is 15.8 Å². The number of anilines is 1. The van der Waals surface area contributed by atoms with Gasteiger partial charge in [0.2, 0.25) is 5.91 Å². The smallest absolute Gasteiger partial charge is 0.317 e. The molecule has 2 fully saturated rings. The van der Waals surface area contributed by atoms with E-state index >= 15 is 0 Å². The molecule has 1 unspecified atom stereocenters. The molecule has 0 radical (unpaired) electrons. The molecule has 10 nitrogen and oxygen atoms in total. The second kappa shape index (κ2) is 7.63. The van der Waals surface area contributed by atoms with E-state index in [1.165, 1.54) is 0 Å². The van der Waals surface area contributed by atoms with E-state index in [2.05, 4.69) is 15.3 Å². The molecule has 0 aliphatic carbocycles. The number of aliphatic carboxylic acids is 1. The number of fused-ring (bicyclic) bond motifs is 1. The fraction of sp³-hybridized carbons (Fsp3) is 0.421. The van der Waals surface area contributed by atoms with E-state index in [-0.39, 0.29) is 30.9 Å². The van der Waals surface area contributed by atoms with Gasteiger partial charge in [0.1, 0.15) is 6.04 Å². The van der Waals surface area contributed by atoms with Crippen molar-refractivity contribution in [2.45, 2.75) is 18.9 Å². The molecule has 1 aromatic carbocycles. The van der Waals surface area contributed by atoms with Crippen LogP contribution in [-0.2, 0) is 14.4 Å². The van der Waals surface area contributed by atoms with Crippen molar-refractivity contribution in [3.8, 4) is 0 Å². The molecule has 152 valence electrons. The Morgan fingerprint density at radius 3 is 2.62 bits per heavy atom. The number of hydrogen-bond acceptors (Lipinski definition) is 7. The first-order valence-corrected chi connectivity index (χ1v) is 9.47. The Hall–Kier alpha value is -3.27. The van der Waals surface area contributed by atoms with Crippen LogP contribution in [0.1, 0.15) is 18.9 Å². The SMILES string of the molecule is O=C(O)CN1CCN(c2ccc3c(=O)n(C4CCC(=O)NC4=O)ncc3c2)CC1. The standard InChI is InChI=1S/C19H21N5O5/c25-16-4-3-15(18(28)21-16)24-19(29)14-2-1-13(9-12(14)10-20-24)23-7-5-22(6-8-23)11-17(26)27/h1-2,9-10,15H,3-8,11H2,(H,26,27)(H,21,25,28). The number of carbonyl (C=O) groups excluding carboxylic acids is 2. The van der Waals surface area contributed by atoms with Gasteiger partial charge in [-0.15, -0.1) is 0 Å². The Balaban J connectivity index is 1.55. The number of carbonyl (C=O) groups is 3. The molecule has 2 amide bonds. The van der Waals surface area contributed by atoms with Gasteiger partial charge in [-0.05, 0) is 24.6 Å². The van der Waals surface area contributed by atoms with Gasteiger partial charge in [-0.25, -0.2) is 4.68 Å². The predicted molar refractivity (Wildman–Crippen MR) is 104 cm³/mol. The summed E-state index contributed by atoms with van der Waals surface area (Å²) in [5.74, 6) is -1.68. The molecular weight excluding hydrogens is 378 g/mol. The minimum Gasteiger partial charge on any atom is -0.480 e. The maximum Gasteiger partial charge on any atom is 0.317 e. The minimum atomic E-state index is -0.831. The molecule has 0 bridgehead atoms. The van der Waals surface area contributed by atoms with Crippen LogP contribution >= 0.6 is 0 Å². The van der Waals surface area contributed by atoms with Crippen LogP contribution in [0.2, 0.25) is 0 Å². The van der Waals surface area contributed by atoms with E-state index in [0.29, 0.717) is 37.0 Å². The van der Waals surface area contributed by atoms with Gasteiger partial charge in [-0.3, -0.25) is 29.4 Å². The molecule has 4 rings (SSSR count).